The molecule has 1 atom stereocenters. The lowest BCUT2D eigenvalue weighted by Crippen LogP contribution is -2.69. The fourth-order valence-corrected chi connectivity index (χ4v) is 3.47. The van der Waals surface area contributed by atoms with Gasteiger partial charge in [-0.15, -0.1) is 0 Å². The third-order valence-corrected chi connectivity index (χ3v) is 4.84. The second-order valence-electron chi connectivity index (χ2n) is 6.15. The molecule has 0 aromatic heterocycles. The highest BCUT2D eigenvalue weighted by atomic mass is 16.2. The number of anilines is 1. The average molecular weight is 286 g/mol. The molecule has 1 spiro atoms. The molecular weight excluding hydrogens is 264 g/mol. The van der Waals surface area contributed by atoms with Gasteiger partial charge in [0.25, 0.3) is 5.91 Å². The molecule has 3 rings (SSSR count). The van der Waals surface area contributed by atoms with E-state index in [1.807, 2.05) is 24.3 Å². The Morgan fingerprint density at radius 1 is 1.19 bits per heavy atom. The quantitative estimate of drug-likeness (QED) is 0.907. The molecule has 0 bridgehead atoms. The molecular formula is C17H22N2O2. The van der Waals surface area contributed by atoms with Crippen LogP contribution in [0.1, 0.15) is 45.1 Å². The number of benzene rings is 1. The van der Waals surface area contributed by atoms with E-state index in [2.05, 4.69) is 12.2 Å². The zero-order valence-electron chi connectivity index (χ0n) is 12.7. The summed E-state index contributed by atoms with van der Waals surface area (Å²) in [6, 6.07) is 7.52. The van der Waals surface area contributed by atoms with E-state index in [1.54, 1.807) is 11.8 Å². The van der Waals surface area contributed by atoms with Gasteiger partial charge in [-0.3, -0.25) is 14.5 Å². The van der Waals surface area contributed by atoms with Gasteiger partial charge in [-0.05, 0) is 43.9 Å². The van der Waals surface area contributed by atoms with Crippen molar-refractivity contribution in [2.45, 2.75) is 57.5 Å². The van der Waals surface area contributed by atoms with E-state index < -0.39 is 11.6 Å². The van der Waals surface area contributed by atoms with Gasteiger partial charge in [0, 0.05) is 5.69 Å². The molecule has 1 aliphatic carbocycles. The van der Waals surface area contributed by atoms with Crippen molar-refractivity contribution in [2.75, 3.05) is 4.90 Å². The lowest BCUT2D eigenvalue weighted by molar-refractivity contribution is -0.137. The van der Waals surface area contributed by atoms with Crippen molar-refractivity contribution in [1.29, 1.82) is 0 Å². The first-order valence-electron chi connectivity index (χ1n) is 7.82. The van der Waals surface area contributed by atoms with E-state index in [4.69, 9.17) is 0 Å². The molecule has 0 radical (unpaired) electrons. The van der Waals surface area contributed by atoms with Crippen molar-refractivity contribution in [1.82, 2.24) is 5.32 Å². The third kappa shape index (κ3) is 2.23. The zero-order chi connectivity index (χ0) is 15.0. The van der Waals surface area contributed by atoms with Crippen LogP contribution in [0, 0.1) is 0 Å². The van der Waals surface area contributed by atoms with Crippen molar-refractivity contribution >= 4 is 17.5 Å². The minimum absolute atomic E-state index is 0.0453. The summed E-state index contributed by atoms with van der Waals surface area (Å²) in [7, 11) is 0. The highest BCUT2D eigenvalue weighted by Gasteiger charge is 2.51. The predicted molar refractivity (Wildman–Crippen MR) is 82.1 cm³/mol. The Labute approximate surface area is 125 Å². The molecule has 1 saturated heterocycles. The molecule has 1 aromatic carbocycles. The van der Waals surface area contributed by atoms with Gasteiger partial charge in [0.2, 0.25) is 5.91 Å². The third-order valence-electron chi connectivity index (χ3n) is 4.84. The monoisotopic (exact) mass is 286 g/mol. The Kier molecular flexibility index (Phi) is 3.47. The number of carbonyl (C=O) groups excluding carboxylic acids is 2. The molecule has 1 aromatic rings. The maximum absolute atomic E-state index is 13.0. The standard InChI is InChI=1S/C17H22N2O2/c1-3-13-6-8-14(9-7-13)19-12(2)15(20)18-17(16(19)21)10-4-5-11-17/h6-9,12H,3-5,10-11H2,1-2H3,(H,18,20). The first-order valence-corrected chi connectivity index (χ1v) is 7.82. The predicted octanol–water partition coefficient (Wildman–Crippen LogP) is 2.41. The minimum atomic E-state index is -0.660. The van der Waals surface area contributed by atoms with Crippen molar-refractivity contribution in [3.05, 3.63) is 29.8 Å². The molecule has 4 nitrogen and oxygen atoms in total. The lowest BCUT2D eigenvalue weighted by atomic mass is 9.90. The van der Waals surface area contributed by atoms with Gasteiger partial charge in [0.05, 0.1) is 0 Å². The van der Waals surface area contributed by atoms with Crippen LogP contribution in [-0.4, -0.2) is 23.4 Å². The van der Waals surface area contributed by atoms with Crippen LogP contribution in [0.15, 0.2) is 24.3 Å². The van der Waals surface area contributed by atoms with Crippen LogP contribution in [0.4, 0.5) is 5.69 Å². The normalized spacial score (nSPS) is 24.5. The maximum atomic E-state index is 13.0. The number of nitrogens with zero attached hydrogens (tertiary/aromatic N) is 1. The number of nitrogens with one attached hydrogen (secondary N) is 1. The van der Waals surface area contributed by atoms with Crippen molar-refractivity contribution in [3.63, 3.8) is 0 Å². The second-order valence-corrected chi connectivity index (χ2v) is 6.15. The van der Waals surface area contributed by atoms with Crippen molar-refractivity contribution < 1.29 is 9.59 Å². The fraction of sp³-hybridized carbons (Fsp3) is 0.529. The summed E-state index contributed by atoms with van der Waals surface area (Å²) in [5.41, 5.74) is 1.40. The highest BCUT2D eigenvalue weighted by molar-refractivity contribution is 6.10. The van der Waals surface area contributed by atoms with E-state index in [0.29, 0.717) is 0 Å². The Morgan fingerprint density at radius 3 is 2.38 bits per heavy atom. The molecule has 1 heterocycles. The van der Waals surface area contributed by atoms with Crippen LogP contribution in [-0.2, 0) is 16.0 Å². The van der Waals surface area contributed by atoms with Crippen LogP contribution >= 0.6 is 0 Å². The molecule has 2 aliphatic rings. The van der Waals surface area contributed by atoms with E-state index >= 15 is 0 Å². The zero-order valence-corrected chi connectivity index (χ0v) is 12.7. The fourth-order valence-electron chi connectivity index (χ4n) is 3.47. The first-order chi connectivity index (χ1) is 10.1. The lowest BCUT2D eigenvalue weighted by Gasteiger charge is -2.43. The van der Waals surface area contributed by atoms with Gasteiger partial charge in [0.1, 0.15) is 11.6 Å². The summed E-state index contributed by atoms with van der Waals surface area (Å²) in [6.45, 7) is 3.90. The van der Waals surface area contributed by atoms with Crippen LogP contribution in [0.2, 0.25) is 0 Å². The summed E-state index contributed by atoms with van der Waals surface area (Å²) in [4.78, 5) is 27.0. The molecule has 21 heavy (non-hydrogen) atoms. The Morgan fingerprint density at radius 2 is 1.81 bits per heavy atom. The van der Waals surface area contributed by atoms with Gasteiger partial charge in [-0.2, -0.15) is 0 Å². The number of carbonyl (C=O) groups is 2. The Balaban J connectivity index is 1.97. The molecule has 4 heteroatoms. The van der Waals surface area contributed by atoms with Crippen LogP contribution in [0.5, 0.6) is 0 Å². The molecule has 1 saturated carbocycles. The van der Waals surface area contributed by atoms with Crippen LogP contribution in [0.25, 0.3) is 0 Å². The Bertz CT molecular complexity index is 559. The number of piperazine rings is 1. The van der Waals surface area contributed by atoms with E-state index in [1.165, 1.54) is 5.56 Å². The van der Waals surface area contributed by atoms with Gasteiger partial charge in [-0.25, -0.2) is 0 Å². The molecule has 2 amide bonds. The summed E-state index contributed by atoms with van der Waals surface area (Å²) in [5.74, 6) is 0.00687. The summed E-state index contributed by atoms with van der Waals surface area (Å²) >= 11 is 0. The number of rotatable bonds is 2. The smallest absolute Gasteiger partial charge is 0.253 e. The maximum Gasteiger partial charge on any atom is 0.253 e. The minimum Gasteiger partial charge on any atom is -0.340 e. The van der Waals surface area contributed by atoms with Crippen molar-refractivity contribution in [3.8, 4) is 0 Å². The van der Waals surface area contributed by atoms with Gasteiger partial charge in [0.15, 0.2) is 0 Å². The van der Waals surface area contributed by atoms with E-state index in [0.717, 1.165) is 37.8 Å². The topological polar surface area (TPSA) is 49.4 Å². The average Bonchev–Trinajstić information content (AvgIpc) is 2.96. The number of aryl methyl sites for hydroxylation is 1. The van der Waals surface area contributed by atoms with Gasteiger partial charge < -0.3 is 5.32 Å². The second kappa shape index (κ2) is 5.17. The highest BCUT2D eigenvalue weighted by Crippen LogP contribution is 2.36. The number of hydrogen-bond acceptors (Lipinski definition) is 2. The summed E-state index contributed by atoms with van der Waals surface area (Å²) in [5, 5.41) is 2.98. The molecule has 1 unspecified atom stereocenters. The van der Waals surface area contributed by atoms with Gasteiger partial charge >= 0.3 is 0 Å². The number of hydrogen-bond donors (Lipinski definition) is 1. The first kappa shape index (κ1) is 14.1. The molecule has 1 N–H and O–H groups in total. The molecule has 1 aliphatic heterocycles. The molecule has 2 fully saturated rings. The number of amides is 2. The van der Waals surface area contributed by atoms with E-state index in [-0.39, 0.29) is 11.8 Å². The summed E-state index contributed by atoms with van der Waals surface area (Å²) < 4.78 is 0. The van der Waals surface area contributed by atoms with E-state index in [9.17, 15) is 9.59 Å². The SMILES string of the molecule is CCc1ccc(N2C(=O)C3(CCCC3)NC(=O)C2C)cc1. The van der Waals surface area contributed by atoms with Crippen LogP contribution < -0.4 is 10.2 Å². The Hall–Kier alpha value is -1.84. The molecule has 112 valence electrons. The van der Waals surface area contributed by atoms with Crippen LogP contribution in [0.3, 0.4) is 0 Å². The van der Waals surface area contributed by atoms with Crippen molar-refractivity contribution in [2.24, 2.45) is 0 Å². The largest absolute Gasteiger partial charge is 0.340 e. The van der Waals surface area contributed by atoms with Gasteiger partial charge in [-0.1, -0.05) is 31.9 Å². The summed E-state index contributed by atoms with van der Waals surface area (Å²) in [6.07, 6.45) is 4.49.